The Bertz CT molecular complexity index is 1290. The van der Waals surface area contributed by atoms with Gasteiger partial charge in [0.15, 0.2) is 34.7 Å². The molecule has 11 heteroatoms. The summed E-state index contributed by atoms with van der Waals surface area (Å²) in [5, 5.41) is 26.0. The average molecular weight is 542 g/mol. The molecule has 0 aromatic heterocycles. The molecule has 2 unspecified atom stereocenters. The summed E-state index contributed by atoms with van der Waals surface area (Å²) >= 11 is 0. The number of ketones is 4. The van der Waals surface area contributed by atoms with E-state index in [9.17, 15) is 34.2 Å². The number of phenolic OH excluding ortho intramolecular Hbond substituents is 1. The second-order valence-electron chi connectivity index (χ2n) is 11.7. The number of aliphatic hydroxyl groups is 1. The molecular weight excluding hydrogens is 506 g/mol. The normalized spacial score (nSPS) is 32.9. The molecule has 4 aliphatic rings. The maximum Gasteiger partial charge on any atom is 0.235 e. The van der Waals surface area contributed by atoms with Gasteiger partial charge in [-0.25, -0.2) is 0 Å². The van der Waals surface area contributed by atoms with E-state index in [1.165, 1.54) is 30.9 Å². The van der Waals surface area contributed by atoms with Crippen LogP contribution in [0.5, 0.6) is 11.5 Å². The van der Waals surface area contributed by atoms with Crippen molar-refractivity contribution in [2.45, 2.75) is 56.8 Å². The summed E-state index contributed by atoms with van der Waals surface area (Å²) in [4.78, 5) is 67.7. The fraction of sp³-hybridized carbons (Fsp3) is 0.607. The van der Waals surface area contributed by atoms with E-state index in [1.54, 1.807) is 14.1 Å². The summed E-state index contributed by atoms with van der Waals surface area (Å²) in [6.07, 6.45) is 2.49. The van der Waals surface area contributed by atoms with E-state index in [0.29, 0.717) is 29.3 Å². The molecule has 0 spiro atoms. The highest BCUT2D eigenvalue weighted by molar-refractivity contribution is 6.32. The van der Waals surface area contributed by atoms with E-state index in [-0.39, 0.29) is 30.2 Å². The highest BCUT2D eigenvalue weighted by Gasteiger charge is 2.69. The van der Waals surface area contributed by atoms with Gasteiger partial charge in [-0.2, -0.15) is 0 Å². The van der Waals surface area contributed by atoms with Gasteiger partial charge in [-0.3, -0.25) is 28.9 Å². The van der Waals surface area contributed by atoms with Crippen LogP contribution in [0.15, 0.2) is 6.07 Å². The van der Waals surface area contributed by atoms with Crippen LogP contribution in [0, 0.1) is 29.6 Å². The molecule has 0 saturated heterocycles. The Morgan fingerprint density at radius 2 is 1.90 bits per heavy atom. The number of ether oxygens (including phenoxy) is 1. The Kier molecular flexibility index (Phi) is 6.68. The van der Waals surface area contributed by atoms with Crippen molar-refractivity contribution in [3.05, 3.63) is 22.8 Å². The number of rotatable bonds is 7. The second-order valence-corrected chi connectivity index (χ2v) is 11.7. The first-order valence-electron chi connectivity index (χ1n) is 13.3. The summed E-state index contributed by atoms with van der Waals surface area (Å²) < 4.78 is 5.72. The van der Waals surface area contributed by atoms with Crippen LogP contribution in [0.2, 0.25) is 0 Å². The quantitative estimate of drug-likeness (QED) is 0.337. The van der Waals surface area contributed by atoms with E-state index in [1.807, 2.05) is 0 Å². The highest BCUT2D eigenvalue weighted by atomic mass is 16.5. The molecule has 0 aliphatic heterocycles. The average Bonchev–Trinajstić information content (AvgIpc) is 3.70. The molecule has 1 aromatic rings. The van der Waals surface area contributed by atoms with E-state index < -0.39 is 64.4 Å². The topological polar surface area (TPSA) is 176 Å². The van der Waals surface area contributed by atoms with Crippen molar-refractivity contribution in [2.24, 2.45) is 35.3 Å². The lowest BCUT2D eigenvalue weighted by Crippen LogP contribution is -2.74. The molecule has 5 N–H and O–H groups in total. The van der Waals surface area contributed by atoms with Gasteiger partial charge in [-0.05, 0) is 64.6 Å². The molecule has 11 nitrogen and oxygen atoms in total. The molecule has 0 bridgehead atoms. The fourth-order valence-electron chi connectivity index (χ4n) is 7.14. The number of Topliss-reactive ketones (excluding diaryl/α,β-unsaturated/α-hetero) is 4. The number of carbonyl (C=O) groups excluding carboxylic acids is 5. The van der Waals surface area contributed by atoms with E-state index >= 15 is 0 Å². The number of primary amides is 1. The summed E-state index contributed by atoms with van der Waals surface area (Å²) in [6.45, 7) is 2.51. The molecule has 39 heavy (non-hydrogen) atoms. The lowest BCUT2D eigenvalue weighted by atomic mass is 9.52. The second kappa shape index (κ2) is 9.50. The molecule has 4 aliphatic carbocycles. The lowest BCUT2D eigenvalue weighted by molar-refractivity contribution is -0.181. The monoisotopic (exact) mass is 541 g/mol. The Balaban J connectivity index is 1.56. The number of fused-ring (bicyclic) bond motifs is 3. The SMILES string of the molecule is COc1c(CN[C@H](C)C2CC2)cc(O)c2c1C[C@H]1C[C@H]3[C@H](N(C)C)C(=O)C(C(N)=O)C(=O)[C@@]3(O)C(=O)C1C2=O. The van der Waals surface area contributed by atoms with Gasteiger partial charge < -0.3 is 26.0 Å². The number of hydrogen-bond acceptors (Lipinski definition) is 10. The van der Waals surface area contributed by atoms with Gasteiger partial charge in [-0.15, -0.1) is 0 Å². The minimum Gasteiger partial charge on any atom is -0.507 e. The molecule has 5 rings (SSSR count). The number of nitrogens with two attached hydrogens (primary N) is 1. The van der Waals surface area contributed by atoms with Gasteiger partial charge >= 0.3 is 0 Å². The molecule has 0 heterocycles. The smallest absolute Gasteiger partial charge is 0.235 e. The van der Waals surface area contributed by atoms with Gasteiger partial charge in [0.1, 0.15) is 11.5 Å². The van der Waals surface area contributed by atoms with Crippen molar-refractivity contribution in [1.29, 1.82) is 0 Å². The maximum absolute atomic E-state index is 13.9. The third-order valence-electron chi connectivity index (χ3n) is 9.24. The van der Waals surface area contributed by atoms with Crippen LogP contribution >= 0.6 is 0 Å². The largest absolute Gasteiger partial charge is 0.507 e. The minimum atomic E-state index is -2.74. The van der Waals surface area contributed by atoms with Crippen LogP contribution in [0.1, 0.15) is 47.7 Å². The van der Waals surface area contributed by atoms with Crippen molar-refractivity contribution in [3.63, 3.8) is 0 Å². The predicted molar refractivity (Wildman–Crippen MR) is 137 cm³/mol. The van der Waals surface area contributed by atoms with Gasteiger partial charge in [0, 0.05) is 29.6 Å². The Labute approximate surface area is 226 Å². The first kappa shape index (κ1) is 27.4. The third-order valence-corrected chi connectivity index (χ3v) is 9.24. The number of methoxy groups -OCH3 is 1. The van der Waals surface area contributed by atoms with Gasteiger partial charge in [0.05, 0.1) is 24.6 Å². The zero-order chi connectivity index (χ0) is 28.5. The van der Waals surface area contributed by atoms with Crippen molar-refractivity contribution in [3.8, 4) is 11.5 Å². The third kappa shape index (κ3) is 4.01. The summed E-state index contributed by atoms with van der Waals surface area (Å²) in [7, 11) is 4.59. The molecule has 210 valence electrons. The van der Waals surface area contributed by atoms with E-state index in [2.05, 4.69) is 12.2 Å². The highest BCUT2D eigenvalue weighted by Crippen LogP contribution is 2.52. The van der Waals surface area contributed by atoms with Gasteiger partial charge in [0.2, 0.25) is 5.91 Å². The number of hydrogen-bond donors (Lipinski definition) is 4. The zero-order valence-corrected chi connectivity index (χ0v) is 22.5. The fourth-order valence-corrected chi connectivity index (χ4v) is 7.14. The van der Waals surface area contributed by atoms with Crippen molar-refractivity contribution < 1.29 is 38.9 Å². The predicted octanol–water partition coefficient (Wildman–Crippen LogP) is -0.236. The lowest BCUT2D eigenvalue weighted by Gasteiger charge is -2.52. The number of amides is 1. The molecule has 1 aromatic carbocycles. The summed E-state index contributed by atoms with van der Waals surface area (Å²) in [6, 6.07) is 0.589. The standard InChI is InChI=1S/C28H35N3O8/c1-11(12-5-6-12)30-10-14-9-17(32)19-15(24(14)39-4)7-13-8-16-21(31(2)3)23(34)20(27(29)37)26(36)28(16,38)25(35)18(13)22(19)33/h9,11-13,16,18,20-21,30,32,38H,5-8,10H2,1-4H3,(H2,29,37)/t11-,13+,16+,18?,20?,21+,28+/m1/s1. The first-order valence-corrected chi connectivity index (χ1v) is 13.3. The number of likely N-dealkylation sites (N-methyl/N-ethyl adjacent to an activating group) is 1. The zero-order valence-electron chi connectivity index (χ0n) is 22.5. The molecule has 7 atom stereocenters. The van der Waals surface area contributed by atoms with Gasteiger partial charge in [-0.1, -0.05) is 0 Å². The number of carbonyl (C=O) groups is 5. The number of phenols is 1. The van der Waals surface area contributed by atoms with Crippen LogP contribution in [-0.4, -0.2) is 83.0 Å². The van der Waals surface area contributed by atoms with Crippen molar-refractivity contribution in [2.75, 3.05) is 21.2 Å². The molecule has 1 amide bonds. The Morgan fingerprint density at radius 3 is 2.46 bits per heavy atom. The molecule has 0 radical (unpaired) electrons. The van der Waals surface area contributed by atoms with Crippen molar-refractivity contribution in [1.82, 2.24) is 10.2 Å². The number of benzene rings is 1. The molecular formula is C28H35N3O8. The van der Waals surface area contributed by atoms with Crippen LogP contribution in [0.3, 0.4) is 0 Å². The summed E-state index contributed by atoms with van der Waals surface area (Å²) in [5.74, 6) is -9.59. The van der Waals surface area contributed by atoms with E-state index in [4.69, 9.17) is 10.5 Å². The number of aromatic hydroxyl groups is 1. The Morgan fingerprint density at radius 1 is 1.23 bits per heavy atom. The number of nitrogens with one attached hydrogen (secondary N) is 1. The van der Waals surface area contributed by atoms with E-state index in [0.717, 1.165) is 0 Å². The maximum atomic E-state index is 13.9. The number of nitrogens with zero attached hydrogens (tertiary/aromatic N) is 1. The molecule has 3 saturated carbocycles. The van der Waals surface area contributed by atoms with Crippen LogP contribution in [0.4, 0.5) is 0 Å². The summed E-state index contributed by atoms with van der Waals surface area (Å²) in [5.41, 5.74) is 3.67. The van der Waals surface area contributed by atoms with Crippen molar-refractivity contribution >= 4 is 29.0 Å². The van der Waals surface area contributed by atoms with Crippen LogP contribution in [0.25, 0.3) is 0 Å². The van der Waals surface area contributed by atoms with Gasteiger partial charge in [0.25, 0.3) is 0 Å². The van der Waals surface area contributed by atoms with Crippen LogP contribution < -0.4 is 15.8 Å². The van der Waals surface area contributed by atoms with Crippen LogP contribution in [-0.2, 0) is 32.1 Å². The molecule has 3 fully saturated rings. The Hall–Kier alpha value is -3.15. The minimum absolute atomic E-state index is 0.00496. The first-order chi connectivity index (χ1) is 18.3.